The summed E-state index contributed by atoms with van der Waals surface area (Å²) in [6.07, 6.45) is 3.37. The summed E-state index contributed by atoms with van der Waals surface area (Å²) in [5, 5.41) is 0. The third-order valence-corrected chi connectivity index (χ3v) is 3.75. The Labute approximate surface area is 119 Å². The van der Waals surface area contributed by atoms with Crippen LogP contribution in [0.2, 0.25) is 0 Å². The minimum absolute atomic E-state index is 0.0364. The topological polar surface area (TPSA) is 60.4 Å². The minimum Gasteiger partial charge on any atom is -0.496 e. The van der Waals surface area contributed by atoms with Crippen LogP contribution in [0.5, 0.6) is 5.75 Å². The van der Waals surface area contributed by atoms with Crippen LogP contribution in [0, 0.1) is 13.8 Å². The number of methoxy groups -OCH3 is 1. The zero-order valence-electron chi connectivity index (χ0n) is 12.3. The number of hydrogen-bond donors (Lipinski definition) is 2. The molecule has 0 radical (unpaired) electrons. The molecule has 0 aliphatic rings. The van der Waals surface area contributed by atoms with E-state index in [0.717, 1.165) is 35.5 Å². The van der Waals surface area contributed by atoms with Gasteiger partial charge in [0.25, 0.3) is 0 Å². The Kier molecular flexibility index (Phi) is 4.82. The average Bonchev–Trinajstić information content (AvgIpc) is 2.96. The molecule has 20 heavy (non-hydrogen) atoms. The van der Waals surface area contributed by atoms with E-state index in [1.165, 1.54) is 5.56 Å². The Bertz CT molecular complexity index is 550. The van der Waals surface area contributed by atoms with Gasteiger partial charge in [-0.3, -0.25) is 11.3 Å². The van der Waals surface area contributed by atoms with Crippen molar-refractivity contribution in [3.8, 4) is 5.75 Å². The highest BCUT2D eigenvalue weighted by Crippen LogP contribution is 2.32. The molecule has 0 aliphatic carbocycles. The molecule has 108 valence electrons. The first kappa shape index (κ1) is 14.6. The first-order valence-corrected chi connectivity index (χ1v) is 6.80. The Morgan fingerprint density at radius 1 is 1.30 bits per heavy atom. The molecule has 1 aromatic heterocycles. The molecule has 0 spiro atoms. The van der Waals surface area contributed by atoms with Crippen LogP contribution < -0.4 is 16.0 Å². The van der Waals surface area contributed by atoms with E-state index < -0.39 is 0 Å². The highest BCUT2D eigenvalue weighted by Gasteiger charge is 2.17. The second-order valence-electron chi connectivity index (χ2n) is 4.97. The molecule has 1 unspecified atom stereocenters. The zero-order valence-corrected chi connectivity index (χ0v) is 12.3. The molecule has 0 amide bonds. The van der Waals surface area contributed by atoms with Gasteiger partial charge >= 0.3 is 0 Å². The van der Waals surface area contributed by atoms with Crippen molar-refractivity contribution >= 4 is 0 Å². The molecule has 0 fully saturated rings. The zero-order chi connectivity index (χ0) is 14.5. The van der Waals surface area contributed by atoms with Crippen LogP contribution in [0.3, 0.4) is 0 Å². The van der Waals surface area contributed by atoms with Crippen LogP contribution in [-0.4, -0.2) is 7.11 Å². The average molecular weight is 274 g/mol. The summed E-state index contributed by atoms with van der Waals surface area (Å²) in [5.74, 6) is 7.60. The lowest BCUT2D eigenvalue weighted by atomic mass is 9.96. The molecule has 1 heterocycles. The van der Waals surface area contributed by atoms with E-state index in [1.54, 1.807) is 13.4 Å². The van der Waals surface area contributed by atoms with Gasteiger partial charge in [0.05, 0.1) is 19.4 Å². The van der Waals surface area contributed by atoms with E-state index in [4.69, 9.17) is 15.0 Å². The van der Waals surface area contributed by atoms with Gasteiger partial charge in [-0.2, -0.15) is 0 Å². The summed E-state index contributed by atoms with van der Waals surface area (Å²) in [5.41, 5.74) is 6.34. The number of aryl methyl sites for hydroxylation is 2. The predicted molar refractivity (Wildman–Crippen MR) is 79.6 cm³/mol. The van der Waals surface area contributed by atoms with Gasteiger partial charge in [-0.25, -0.2) is 0 Å². The Balaban J connectivity index is 2.20. The number of benzene rings is 1. The number of furan rings is 1. The molecule has 4 heteroatoms. The predicted octanol–water partition coefficient (Wildman–Crippen LogP) is 3.04. The van der Waals surface area contributed by atoms with Crippen molar-refractivity contribution < 1.29 is 9.15 Å². The van der Waals surface area contributed by atoms with Crippen LogP contribution in [0.4, 0.5) is 0 Å². The molecular formula is C16H22N2O2. The summed E-state index contributed by atoms with van der Waals surface area (Å²) >= 11 is 0. The molecule has 2 rings (SSSR count). The van der Waals surface area contributed by atoms with Crippen molar-refractivity contribution in [2.24, 2.45) is 5.84 Å². The maximum atomic E-state index is 5.72. The first-order valence-electron chi connectivity index (χ1n) is 6.80. The summed E-state index contributed by atoms with van der Waals surface area (Å²) in [4.78, 5) is 0. The van der Waals surface area contributed by atoms with Crippen LogP contribution in [0.25, 0.3) is 0 Å². The van der Waals surface area contributed by atoms with E-state index >= 15 is 0 Å². The highest BCUT2D eigenvalue weighted by atomic mass is 16.5. The Hall–Kier alpha value is -1.78. The summed E-state index contributed by atoms with van der Waals surface area (Å²) in [6.45, 7) is 4.15. The second kappa shape index (κ2) is 6.59. The molecule has 4 nitrogen and oxygen atoms in total. The molecule has 0 aliphatic heterocycles. The number of rotatable bonds is 6. The van der Waals surface area contributed by atoms with Crippen molar-refractivity contribution in [2.75, 3.05) is 7.11 Å². The summed E-state index contributed by atoms with van der Waals surface area (Å²) in [7, 11) is 1.70. The smallest absolute Gasteiger partial charge is 0.126 e. The number of nitrogens with one attached hydrogen (secondary N) is 1. The van der Waals surface area contributed by atoms with Crippen LogP contribution in [0.15, 0.2) is 34.9 Å². The monoisotopic (exact) mass is 274 g/mol. The van der Waals surface area contributed by atoms with Gasteiger partial charge in [0, 0.05) is 12.0 Å². The van der Waals surface area contributed by atoms with Crippen LogP contribution in [0.1, 0.15) is 34.9 Å². The van der Waals surface area contributed by atoms with E-state index in [2.05, 4.69) is 31.4 Å². The van der Waals surface area contributed by atoms with Gasteiger partial charge in [0.2, 0.25) is 0 Å². The normalized spacial score (nSPS) is 12.4. The maximum absolute atomic E-state index is 5.72. The SMILES string of the molecule is COc1c(C(CCc2ccco2)NN)ccc(C)c1C. The van der Waals surface area contributed by atoms with Gasteiger partial charge in [0.15, 0.2) is 0 Å². The van der Waals surface area contributed by atoms with E-state index in [1.807, 2.05) is 12.1 Å². The van der Waals surface area contributed by atoms with Gasteiger partial charge in [-0.1, -0.05) is 12.1 Å². The lowest BCUT2D eigenvalue weighted by molar-refractivity contribution is 0.389. The van der Waals surface area contributed by atoms with Crippen molar-refractivity contribution in [2.45, 2.75) is 32.7 Å². The van der Waals surface area contributed by atoms with Crippen molar-refractivity contribution in [3.63, 3.8) is 0 Å². The molecular weight excluding hydrogens is 252 g/mol. The summed E-state index contributed by atoms with van der Waals surface area (Å²) < 4.78 is 10.9. The van der Waals surface area contributed by atoms with Gasteiger partial charge in [-0.15, -0.1) is 0 Å². The number of hydrogen-bond acceptors (Lipinski definition) is 4. The van der Waals surface area contributed by atoms with E-state index in [0.29, 0.717) is 0 Å². The van der Waals surface area contributed by atoms with Crippen molar-refractivity contribution in [1.29, 1.82) is 0 Å². The fourth-order valence-electron chi connectivity index (χ4n) is 2.43. The third kappa shape index (κ3) is 3.03. The van der Waals surface area contributed by atoms with Crippen molar-refractivity contribution in [3.05, 3.63) is 53.0 Å². The largest absolute Gasteiger partial charge is 0.496 e. The molecule has 0 bridgehead atoms. The molecule has 1 atom stereocenters. The fourth-order valence-corrected chi connectivity index (χ4v) is 2.43. The highest BCUT2D eigenvalue weighted by molar-refractivity contribution is 5.46. The first-order chi connectivity index (χ1) is 9.67. The number of ether oxygens (including phenoxy) is 1. The second-order valence-corrected chi connectivity index (χ2v) is 4.97. The molecule has 1 aromatic carbocycles. The van der Waals surface area contributed by atoms with E-state index in [-0.39, 0.29) is 6.04 Å². The molecule has 2 aromatic rings. The number of nitrogens with two attached hydrogens (primary N) is 1. The van der Waals surface area contributed by atoms with Gasteiger partial charge in [0.1, 0.15) is 11.5 Å². The molecule has 0 saturated heterocycles. The standard InChI is InChI=1S/C16H22N2O2/c1-11-6-8-14(16(19-3)12(11)2)15(18-17)9-7-13-5-4-10-20-13/h4-6,8,10,15,18H,7,9,17H2,1-3H3. The third-order valence-electron chi connectivity index (χ3n) is 3.75. The molecule has 3 N–H and O–H groups in total. The van der Waals surface area contributed by atoms with Crippen LogP contribution >= 0.6 is 0 Å². The lowest BCUT2D eigenvalue weighted by Crippen LogP contribution is -2.29. The van der Waals surface area contributed by atoms with Crippen molar-refractivity contribution in [1.82, 2.24) is 5.43 Å². The van der Waals surface area contributed by atoms with Crippen LogP contribution in [-0.2, 0) is 6.42 Å². The fraction of sp³-hybridized carbons (Fsp3) is 0.375. The quantitative estimate of drug-likeness (QED) is 0.628. The lowest BCUT2D eigenvalue weighted by Gasteiger charge is -2.21. The summed E-state index contributed by atoms with van der Waals surface area (Å²) in [6, 6.07) is 8.09. The number of hydrazine groups is 1. The Morgan fingerprint density at radius 3 is 2.70 bits per heavy atom. The van der Waals surface area contributed by atoms with Gasteiger partial charge in [-0.05, 0) is 43.5 Å². The minimum atomic E-state index is 0.0364. The Morgan fingerprint density at radius 2 is 2.10 bits per heavy atom. The van der Waals surface area contributed by atoms with E-state index in [9.17, 15) is 0 Å². The maximum Gasteiger partial charge on any atom is 0.126 e. The molecule has 0 saturated carbocycles. The van der Waals surface area contributed by atoms with Gasteiger partial charge < -0.3 is 9.15 Å².